The van der Waals surface area contributed by atoms with E-state index in [9.17, 15) is 9.59 Å². The zero-order chi connectivity index (χ0) is 17.1. The van der Waals surface area contributed by atoms with Gasteiger partial charge in [-0.15, -0.1) is 0 Å². The number of aldehydes is 1. The summed E-state index contributed by atoms with van der Waals surface area (Å²) in [4.78, 5) is 29.4. The SMILES string of the molecule is CN1C[C@@H](CC(=C=N[C@H]2C[C@@H]2c2ccccc2)C=O)[C@H](C(N)=O)C1. The van der Waals surface area contributed by atoms with Gasteiger partial charge >= 0.3 is 0 Å². The molecule has 5 heteroatoms. The van der Waals surface area contributed by atoms with Gasteiger partial charge in [-0.25, -0.2) is 4.99 Å². The van der Waals surface area contributed by atoms with Crippen molar-refractivity contribution in [2.75, 3.05) is 20.1 Å². The number of hydrogen-bond donors (Lipinski definition) is 1. The van der Waals surface area contributed by atoms with Gasteiger partial charge in [0.05, 0.1) is 17.5 Å². The summed E-state index contributed by atoms with van der Waals surface area (Å²) < 4.78 is 0. The monoisotopic (exact) mass is 325 g/mol. The number of likely N-dealkylation sites (tertiary alicyclic amines) is 1. The molecule has 2 aliphatic rings. The molecule has 1 heterocycles. The minimum atomic E-state index is -0.294. The molecule has 0 radical (unpaired) electrons. The van der Waals surface area contributed by atoms with Crippen molar-refractivity contribution in [2.45, 2.75) is 24.8 Å². The molecule has 0 bridgehead atoms. The van der Waals surface area contributed by atoms with Crippen molar-refractivity contribution >= 4 is 18.1 Å². The molecule has 0 unspecified atom stereocenters. The third-order valence-electron chi connectivity index (χ3n) is 4.97. The lowest BCUT2D eigenvalue weighted by atomic mass is 9.90. The molecule has 2 N–H and O–H groups in total. The Morgan fingerprint density at radius 3 is 2.79 bits per heavy atom. The van der Waals surface area contributed by atoms with E-state index in [1.807, 2.05) is 25.2 Å². The van der Waals surface area contributed by atoms with Crippen molar-refractivity contribution in [1.82, 2.24) is 4.90 Å². The van der Waals surface area contributed by atoms with Crippen LogP contribution in [0, 0.1) is 11.8 Å². The van der Waals surface area contributed by atoms with E-state index in [1.165, 1.54) is 5.56 Å². The number of primary amides is 1. The number of nitrogens with two attached hydrogens (primary N) is 1. The van der Waals surface area contributed by atoms with Gasteiger partial charge in [-0.05, 0) is 37.2 Å². The van der Waals surface area contributed by atoms with E-state index in [1.54, 1.807) is 0 Å². The minimum Gasteiger partial charge on any atom is -0.369 e. The van der Waals surface area contributed by atoms with Crippen LogP contribution in [-0.4, -0.2) is 49.1 Å². The predicted octanol–water partition coefficient (Wildman–Crippen LogP) is 1.39. The molecule has 5 nitrogen and oxygen atoms in total. The second-order valence-corrected chi connectivity index (χ2v) is 6.90. The maximum Gasteiger partial charge on any atom is 0.222 e. The van der Waals surface area contributed by atoms with Gasteiger partial charge < -0.3 is 10.6 Å². The van der Waals surface area contributed by atoms with Gasteiger partial charge in [0, 0.05) is 19.0 Å². The van der Waals surface area contributed by atoms with Crippen molar-refractivity contribution in [3.05, 3.63) is 41.5 Å². The van der Waals surface area contributed by atoms with Gasteiger partial charge in [-0.1, -0.05) is 30.3 Å². The molecule has 1 aliphatic carbocycles. The van der Waals surface area contributed by atoms with Gasteiger partial charge in [0.1, 0.15) is 0 Å². The Kier molecular flexibility index (Phi) is 4.93. The molecule has 1 aromatic carbocycles. The van der Waals surface area contributed by atoms with Gasteiger partial charge in [-0.3, -0.25) is 9.59 Å². The number of benzene rings is 1. The van der Waals surface area contributed by atoms with Crippen LogP contribution in [-0.2, 0) is 9.59 Å². The lowest BCUT2D eigenvalue weighted by Crippen LogP contribution is -2.29. The second-order valence-electron chi connectivity index (χ2n) is 6.90. The van der Waals surface area contributed by atoms with E-state index in [-0.39, 0.29) is 23.8 Å². The first kappa shape index (κ1) is 16.6. The number of carbonyl (C=O) groups excluding carboxylic acids is 2. The molecule has 1 amide bonds. The van der Waals surface area contributed by atoms with Crippen LogP contribution in [0.15, 0.2) is 40.9 Å². The molecule has 1 aliphatic heterocycles. The lowest BCUT2D eigenvalue weighted by Gasteiger charge is -2.13. The topological polar surface area (TPSA) is 75.8 Å². The van der Waals surface area contributed by atoms with Crippen LogP contribution in [0.25, 0.3) is 0 Å². The Bertz CT molecular complexity index is 679. The average molecular weight is 325 g/mol. The number of aliphatic imine (C=N–C) groups is 1. The van der Waals surface area contributed by atoms with Crippen LogP contribution in [0.4, 0.5) is 0 Å². The summed E-state index contributed by atoms with van der Waals surface area (Å²) in [6.07, 6.45) is 2.31. The van der Waals surface area contributed by atoms with E-state index >= 15 is 0 Å². The first-order valence-corrected chi connectivity index (χ1v) is 8.38. The van der Waals surface area contributed by atoms with Crippen molar-refractivity contribution in [1.29, 1.82) is 0 Å². The molecule has 1 saturated carbocycles. The fourth-order valence-electron chi connectivity index (χ4n) is 3.57. The summed E-state index contributed by atoms with van der Waals surface area (Å²) in [7, 11) is 1.96. The molecule has 3 rings (SSSR count). The molecule has 2 fully saturated rings. The number of carbonyl (C=O) groups is 2. The number of rotatable bonds is 6. The highest BCUT2D eigenvalue weighted by atomic mass is 16.1. The predicted molar refractivity (Wildman–Crippen MR) is 92.9 cm³/mol. The fourth-order valence-corrected chi connectivity index (χ4v) is 3.57. The largest absolute Gasteiger partial charge is 0.369 e. The van der Waals surface area contributed by atoms with Gasteiger partial charge in [0.2, 0.25) is 5.91 Å². The van der Waals surface area contributed by atoms with Crippen molar-refractivity contribution in [3.63, 3.8) is 0 Å². The summed E-state index contributed by atoms with van der Waals surface area (Å²) >= 11 is 0. The standard InChI is InChI=1S/C19H23N3O2/c1-22-10-15(17(11-22)19(20)24)7-13(12-23)9-21-18-8-16(18)14-5-3-2-4-6-14/h2-6,12,15-18H,7-8,10-11H2,1H3,(H2,20,24)/t15-,16-,17-,18+/m1/s1. The van der Waals surface area contributed by atoms with Crippen molar-refractivity contribution in [3.8, 4) is 0 Å². The Morgan fingerprint density at radius 2 is 2.12 bits per heavy atom. The fraction of sp³-hybridized carbons (Fsp3) is 0.474. The maximum atomic E-state index is 11.6. The molecule has 0 aromatic heterocycles. The van der Waals surface area contributed by atoms with Crippen molar-refractivity contribution in [2.24, 2.45) is 22.6 Å². The van der Waals surface area contributed by atoms with E-state index in [0.717, 1.165) is 19.3 Å². The highest BCUT2D eigenvalue weighted by Gasteiger charge is 2.38. The number of nitrogens with zero attached hydrogens (tertiary/aromatic N) is 2. The zero-order valence-corrected chi connectivity index (χ0v) is 13.9. The molecule has 0 spiro atoms. The smallest absolute Gasteiger partial charge is 0.222 e. The molecular formula is C19H23N3O2. The zero-order valence-electron chi connectivity index (χ0n) is 13.9. The first-order chi connectivity index (χ1) is 11.6. The van der Waals surface area contributed by atoms with Crippen LogP contribution >= 0.6 is 0 Å². The van der Waals surface area contributed by atoms with Crippen LogP contribution in [0.2, 0.25) is 0 Å². The normalized spacial score (nSPS) is 28.9. The van der Waals surface area contributed by atoms with E-state index in [2.05, 4.69) is 27.9 Å². The third-order valence-corrected chi connectivity index (χ3v) is 4.97. The Morgan fingerprint density at radius 1 is 1.38 bits per heavy atom. The molecular weight excluding hydrogens is 302 g/mol. The maximum absolute atomic E-state index is 11.6. The first-order valence-electron chi connectivity index (χ1n) is 8.38. The summed E-state index contributed by atoms with van der Waals surface area (Å²) in [6, 6.07) is 10.5. The van der Waals surface area contributed by atoms with E-state index in [0.29, 0.717) is 24.5 Å². The Balaban J connectivity index is 1.65. The molecule has 4 atom stereocenters. The second kappa shape index (κ2) is 7.12. The van der Waals surface area contributed by atoms with Crippen LogP contribution in [0.3, 0.4) is 0 Å². The highest BCUT2D eigenvalue weighted by molar-refractivity contribution is 5.87. The van der Waals surface area contributed by atoms with Gasteiger partial charge in [0.15, 0.2) is 6.29 Å². The third kappa shape index (κ3) is 3.81. The Labute approximate surface area is 142 Å². The minimum absolute atomic E-state index is 0.0690. The Hall–Kier alpha value is -2.23. The lowest BCUT2D eigenvalue weighted by molar-refractivity contribution is -0.122. The summed E-state index contributed by atoms with van der Waals surface area (Å²) in [5.41, 5.74) is 7.29. The van der Waals surface area contributed by atoms with Crippen molar-refractivity contribution < 1.29 is 9.59 Å². The average Bonchev–Trinajstić information content (AvgIpc) is 3.26. The molecule has 1 aromatic rings. The quantitative estimate of drug-likeness (QED) is 0.488. The van der Waals surface area contributed by atoms with E-state index < -0.39 is 0 Å². The van der Waals surface area contributed by atoms with Crippen LogP contribution in [0.5, 0.6) is 0 Å². The summed E-state index contributed by atoms with van der Waals surface area (Å²) in [5.74, 6) is 2.94. The van der Waals surface area contributed by atoms with Crippen LogP contribution in [0.1, 0.15) is 24.3 Å². The molecule has 1 saturated heterocycles. The van der Waals surface area contributed by atoms with E-state index in [4.69, 9.17) is 5.73 Å². The van der Waals surface area contributed by atoms with Gasteiger partial charge in [0.25, 0.3) is 0 Å². The number of allylic oxidation sites excluding steroid dienone is 1. The van der Waals surface area contributed by atoms with Gasteiger partial charge in [-0.2, -0.15) is 0 Å². The molecule has 126 valence electrons. The summed E-state index contributed by atoms with van der Waals surface area (Å²) in [5, 5.41) is 0. The summed E-state index contributed by atoms with van der Waals surface area (Å²) in [6.45, 7) is 1.42. The number of amides is 1. The number of hydrogen-bond acceptors (Lipinski definition) is 4. The molecule has 24 heavy (non-hydrogen) atoms. The highest BCUT2D eigenvalue weighted by Crippen LogP contribution is 2.43. The van der Waals surface area contributed by atoms with Crippen LogP contribution < -0.4 is 5.73 Å².